The molecule has 0 saturated heterocycles. The van der Waals surface area contributed by atoms with Gasteiger partial charge >= 0.3 is 75.2 Å². The van der Waals surface area contributed by atoms with Gasteiger partial charge in [-0.25, -0.2) is 0 Å². The van der Waals surface area contributed by atoms with Gasteiger partial charge in [0.25, 0.3) is 0 Å². The standard InChI is InChI=1S/C8H17.Pb/c1-3-5-7-8-6-4-2;/h1,3-8H2,2H3;. The molecule has 1 heteroatoms. The van der Waals surface area contributed by atoms with Gasteiger partial charge in [-0.15, -0.1) is 0 Å². The Hall–Kier alpha value is 0.922. The number of hydrogen-bond acceptors (Lipinski definition) is 0. The number of hydrogen-bond donors (Lipinski definition) is 0. The molecule has 9 heavy (non-hydrogen) atoms. The zero-order valence-electron chi connectivity index (χ0n) is 6.45. The number of unbranched alkanes of at least 4 members (excludes halogenated alkanes) is 5. The first-order chi connectivity index (χ1) is 4.41. The van der Waals surface area contributed by atoms with E-state index in [1.54, 1.807) is 0 Å². The molecule has 0 atom stereocenters. The van der Waals surface area contributed by atoms with Crippen LogP contribution < -0.4 is 0 Å². The van der Waals surface area contributed by atoms with Crippen LogP contribution in [0.15, 0.2) is 0 Å². The van der Waals surface area contributed by atoms with E-state index in [0.29, 0.717) is 0 Å². The Morgan fingerprint density at radius 3 is 2.00 bits per heavy atom. The first kappa shape index (κ1) is 9.92. The maximum atomic E-state index is 2.27. The third-order valence-electron chi connectivity index (χ3n) is 1.53. The van der Waals surface area contributed by atoms with Gasteiger partial charge in [0.15, 0.2) is 0 Å². The first-order valence-corrected chi connectivity index (χ1v) is 6.81. The fourth-order valence-electron chi connectivity index (χ4n) is 0.905. The Morgan fingerprint density at radius 1 is 0.889 bits per heavy atom. The van der Waals surface area contributed by atoms with E-state index in [9.17, 15) is 0 Å². The Kier molecular flexibility index (Phi) is 9.84. The van der Waals surface area contributed by atoms with Gasteiger partial charge in [0, 0.05) is 0 Å². The molecule has 0 fully saturated rings. The molecule has 0 aromatic heterocycles. The van der Waals surface area contributed by atoms with E-state index >= 15 is 0 Å². The first-order valence-electron chi connectivity index (χ1n) is 4.06. The van der Waals surface area contributed by atoms with Crippen LogP contribution in [-0.2, 0) is 0 Å². The van der Waals surface area contributed by atoms with E-state index in [0.717, 1.165) is 0 Å². The molecule has 0 nitrogen and oxygen atoms in total. The fourth-order valence-corrected chi connectivity index (χ4v) is 1.88. The second-order valence-electron chi connectivity index (χ2n) is 2.52. The molecule has 0 N–H and O–H groups in total. The Bertz CT molecular complexity index is 37.8. The van der Waals surface area contributed by atoms with Gasteiger partial charge in [-0.2, -0.15) is 0 Å². The second kappa shape index (κ2) is 8.92. The van der Waals surface area contributed by atoms with Gasteiger partial charge in [-0.3, -0.25) is 0 Å². The zero-order valence-corrected chi connectivity index (χ0v) is 10.3. The minimum absolute atomic E-state index is 1.38. The second-order valence-corrected chi connectivity index (χ2v) is 4.46. The summed E-state index contributed by atoms with van der Waals surface area (Å²) in [6.45, 7) is 2.27. The van der Waals surface area contributed by atoms with Gasteiger partial charge in [-0.1, -0.05) is 0 Å². The quantitative estimate of drug-likeness (QED) is 0.521. The van der Waals surface area contributed by atoms with Crippen LogP contribution in [0, 0.1) is 0 Å². The Balaban J connectivity index is 2.60. The van der Waals surface area contributed by atoms with E-state index in [1.165, 1.54) is 68.3 Å². The van der Waals surface area contributed by atoms with Crippen molar-refractivity contribution in [2.75, 3.05) is 0 Å². The monoisotopic (exact) mass is 321 g/mol. The molecule has 53 valence electrons. The van der Waals surface area contributed by atoms with Gasteiger partial charge < -0.3 is 0 Å². The summed E-state index contributed by atoms with van der Waals surface area (Å²) in [7, 11) is 0. The van der Waals surface area contributed by atoms with Crippen LogP contribution >= 0.6 is 0 Å². The average molecular weight is 320 g/mol. The summed E-state index contributed by atoms with van der Waals surface area (Å²) < 4.78 is 1.51. The van der Waals surface area contributed by atoms with Gasteiger partial charge in [-0.05, 0) is 0 Å². The molecule has 0 bridgehead atoms. The van der Waals surface area contributed by atoms with Crippen LogP contribution in [0.3, 0.4) is 0 Å². The molecule has 3 radical (unpaired) electrons. The molecule has 0 aromatic carbocycles. The summed E-state index contributed by atoms with van der Waals surface area (Å²) in [5, 5.41) is 0. The molecule has 0 aliphatic carbocycles. The van der Waals surface area contributed by atoms with Crippen LogP contribution in [0.1, 0.15) is 45.4 Å². The Labute approximate surface area is 75.1 Å². The molecule has 0 rings (SSSR count). The van der Waals surface area contributed by atoms with Crippen molar-refractivity contribution >= 4 is 25.8 Å². The van der Waals surface area contributed by atoms with Crippen molar-refractivity contribution in [3.63, 3.8) is 0 Å². The van der Waals surface area contributed by atoms with E-state index in [-0.39, 0.29) is 0 Å². The third-order valence-corrected chi connectivity index (χ3v) is 2.90. The molecular weight excluding hydrogens is 303 g/mol. The van der Waals surface area contributed by atoms with E-state index in [4.69, 9.17) is 0 Å². The van der Waals surface area contributed by atoms with Crippen molar-refractivity contribution in [1.82, 2.24) is 0 Å². The molecule has 0 unspecified atom stereocenters. The maximum absolute atomic E-state index is 2.27. The van der Waals surface area contributed by atoms with E-state index in [1.807, 2.05) is 0 Å². The topological polar surface area (TPSA) is 0 Å². The zero-order chi connectivity index (χ0) is 6.95. The average Bonchev–Trinajstić information content (AvgIpc) is 1.89. The van der Waals surface area contributed by atoms with E-state index in [2.05, 4.69) is 6.92 Å². The normalized spacial score (nSPS) is 10.0. The predicted molar refractivity (Wildman–Crippen MR) is 43.9 cm³/mol. The third kappa shape index (κ3) is 8.92. The van der Waals surface area contributed by atoms with Crippen molar-refractivity contribution in [2.24, 2.45) is 0 Å². The van der Waals surface area contributed by atoms with Crippen molar-refractivity contribution in [3.8, 4) is 0 Å². The summed E-state index contributed by atoms with van der Waals surface area (Å²) in [6.07, 6.45) is 8.76. The molecule has 0 heterocycles. The minimum atomic E-state index is 1.38. The van der Waals surface area contributed by atoms with E-state index < -0.39 is 0 Å². The summed E-state index contributed by atoms with van der Waals surface area (Å²) in [5.41, 5.74) is 0. The van der Waals surface area contributed by atoms with Crippen LogP contribution in [0.25, 0.3) is 0 Å². The molecule has 0 aliphatic rings. The van der Waals surface area contributed by atoms with Gasteiger partial charge in [0.2, 0.25) is 0 Å². The summed E-state index contributed by atoms with van der Waals surface area (Å²) in [6, 6.07) is 0. The SMILES string of the molecule is CCCCCCC[CH2][Pb]. The molecular formula is C8H17Pb. The van der Waals surface area contributed by atoms with Crippen LogP contribution in [-0.4, -0.2) is 25.8 Å². The van der Waals surface area contributed by atoms with Gasteiger partial charge in [0.1, 0.15) is 0 Å². The molecule has 0 amide bonds. The summed E-state index contributed by atoms with van der Waals surface area (Å²) in [5.74, 6) is 0. The molecule has 0 aromatic rings. The fraction of sp³-hybridized carbons (Fsp3) is 1.00. The predicted octanol–water partition coefficient (Wildman–Crippen LogP) is 2.93. The van der Waals surface area contributed by atoms with Crippen molar-refractivity contribution in [2.45, 2.75) is 49.4 Å². The van der Waals surface area contributed by atoms with Crippen LogP contribution in [0.5, 0.6) is 0 Å². The van der Waals surface area contributed by atoms with Crippen molar-refractivity contribution < 1.29 is 0 Å². The molecule has 0 spiro atoms. The number of rotatable bonds is 6. The van der Waals surface area contributed by atoms with Crippen LogP contribution in [0.4, 0.5) is 0 Å². The van der Waals surface area contributed by atoms with Crippen molar-refractivity contribution in [1.29, 1.82) is 0 Å². The summed E-state index contributed by atoms with van der Waals surface area (Å²) >= 11 is 1.41. The molecule has 0 saturated carbocycles. The summed E-state index contributed by atoms with van der Waals surface area (Å²) in [4.78, 5) is 0. The van der Waals surface area contributed by atoms with Crippen molar-refractivity contribution in [3.05, 3.63) is 0 Å². The Morgan fingerprint density at radius 2 is 1.44 bits per heavy atom. The van der Waals surface area contributed by atoms with Gasteiger partial charge in [0.05, 0.1) is 0 Å². The van der Waals surface area contributed by atoms with Crippen LogP contribution in [0.2, 0.25) is 3.98 Å². The molecule has 0 aliphatic heterocycles.